The van der Waals surface area contributed by atoms with Gasteiger partial charge in [0.05, 0.1) is 0 Å². The van der Waals surface area contributed by atoms with E-state index in [1.54, 1.807) is 0 Å². The van der Waals surface area contributed by atoms with E-state index in [0.29, 0.717) is 25.8 Å². The molecule has 0 aromatic heterocycles. The van der Waals surface area contributed by atoms with Crippen LogP contribution in [0.2, 0.25) is 0 Å². The number of hydrogen-bond acceptors (Lipinski definition) is 4. The van der Waals surface area contributed by atoms with Crippen molar-refractivity contribution in [3.05, 3.63) is 48.6 Å². The minimum atomic E-state index is -1.05. The van der Waals surface area contributed by atoms with Gasteiger partial charge in [-0.15, -0.1) is 0 Å². The Morgan fingerprint density at radius 3 is 1.31 bits per heavy atom. The highest BCUT2D eigenvalue weighted by atomic mass is 16.6. The number of amides is 1. The quantitative estimate of drug-likeness (QED) is 0.0376. The van der Waals surface area contributed by atoms with Gasteiger partial charge in [-0.25, -0.2) is 0 Å². The highest BCUT2D eigenvalue weighted by Crippen LogP contribution is 2.29. The third kappa shape index (κ3) is 32.5. The summed E-state index contributed by atoms with van der Waals surface area (Å²) in [6.07, 6.45) is 51.2. The van der Waals surface area contributed by atoms with Gasteiger partial charge in [-0.3, -0.25) is 9.59 Å². The number of rotatable bonds is 39. The Kier molecular flexibility index (Phi) is 38.4. The van der Waals surface area contributed by atoms with Gasteiger partial charge in [-0.05, 0) is 116 Å². The first-order chi connectivity index (χ1) is 25.6. The van der Waals surface area contributed by atoms with Crippen LogP contribution in [0.5, 0.6) is 0 Å². The number of ether oxygens (including phenoxy) is 1. The molecule has 302 valence electrons. The van der Waals surface area contributed by atoms with E-state index < -0.39 is 5.60 Å². The minimum Gasteiger partial charge on any atom is -0.449 e. The molecule has 0 heterocycles. The molecule has 0 aliphatic rings. The van der Waals surface area contributed by atoms with Crippen LogP contribution < -0.4 is 10.6 Å². The second-order valence-corrected chi connectivity index (χ2v) is 15.0. The van der Waals surface area contributed by atoms with Crippen molar-refractivity contribution >= 4 is 11.9 Å². The van der Waals surface area contributed by atoms with Crippen LogP contribution in [0.15, 0.2) is 48.6 Å². The van der Waals surface area contributed by atoms with Crippen LogP contribution in [0.3, 0.4) is 0 Å². The fraction of sp³-hybridized carbons (Fsp3) is 0.787. The van der Waals surface area contributed by atoms with Crippen LogP contribution >= 0.6 is 0 Å². The van der Waals surface area contributed by atoms with Crippen molar-refractivity contribution in [2.45, 2.75) is 219 Å². The lowest BCUT2D eigenvalue weighted by molar-refractivity contribution is -0.171. The maximum Gasteiger partial charge on any atom is 0.306 e. The second kappa shape index (κ2) is 40.1. The van der Waals surface area contributed by atoms with Crippen molar-refractivity contribution in [3.8, 4) is 0 Å². The molecule has 0 atom stereocenters. The summed E-state index contributed by atoms with van der Waals surface area (Å²) in [6.45, 7) is 8.05. The molecule has 0 aromatic rings. The summed E-state index contributed by atoms with van der Waals surface area (Å²) in [6, 6.07) is 0. The van der Waals surface area contributed by atoms with Gasteiger partial charge in [0, 0.05) is 13.0 Å². The molecule has 0 aromatic carbocycles. The number of allylic oxidation sites excluding steroid dienone is 8. The van der Waals surface area contributed by atoms with E-state index in [0.717, 1.165) is 77.2 Å². The van der Waals surface area contributed by atoms with Crippen LogP contribution in [0.25, 0.3) is 0 Å². The van der Waals surface area contributed by atoms with Gasteiger partial charge in [-0.2, -0.15) is 0 Å². The molecule has 52 heavy (non-hydrogen) atoms. The average Bonchev–Trinajstić information content (AvgIpc) is 3.14. The Balaban J connectivity index is 4.77. The molecule has 5 nitrogen and oxygen atoms in total. The maximum absolute atomic E-state index is 13.8. The first-order valence-corrected chi connectivity index (χ1v) is 22.3. The highest BCUT2D eigenvalue weighted by molar-refractivity contribution is 5.87. The molecule has 0 saturated heterocycles. The van der Waals surface area contributed by atoms with Gasteiger partial charge in [0.1, 0.15) is 0 Å². The van der Waals surface area contributed by atoms with E-state index in [9.17, 15) is 9.59 Å². The fourth-order valence-corrected chi connectivity index (χ4v) is 6.52. The Labute approximate surface area is 323 Å². The first-order valence-electron chi connectivity index (χ1n) is 22.3. The van der Waals surface area contributed by atoms with Crippen LogP contribution in [-0.2, 0) is 14.3 Å². The number of hydrogen-bond donors (Lipinski definition) is 2. The van der Waals surface area contributed by atoms with E-state index in [4.69, 9.17) is 4.74 Å². The molecule has 1 amide bonds. The average molecular weight is 727 g/mol. The highest BCUT2D eigenvalue weighted by Gasteiger charge is 2.41. The van der Waals surface area contributed by atoms with Gasteiger partial charge in [0.2, 0.25) is 0 Å². The number of unbranched alkanes of at least 4 members (excludes halogenated alkanes) is 19. The van der Waals surface area contributed by atoms with E-state index >= 15 is 0 Å². The topological polar surface area (TPSA) is 67.4 Å². The van der Waals surface area contributed by atoms with Crippen LogP contribution in [0, 0.1) is 0 Å². The monoisotopic (exact) mass is 727 g/mol. The zero-order valence-corrected chi connectivity index (χ0v) is 35.0. The molecule has 0 saturated carbocycles. The molecule has 0 rings (SSSR count). The summed E-state index contributed by atoms with van der Waals surface area (Å²) in [5, 5.41) is 6.27. The van der Waals surface area contributed by atoms with Gasteiger partial charge in [0.15, 0.2) is 5.60 Å². The van der Waals surface area contributed by atoms with Gasteiger partial charge in [-0.1, -0.05) is 153 Å². The lowest BCUT2D eigenvalue weighted by atomic mass is 9.88. The van der Waals surface area contributed by atoms with Crippen molar-refractivity contribution in [2.24, 2.45) is 0 Å². The number of carbonyl (C=O) groups is 2. The van der Waals surface area contributed by atoms with Crippen molar-refractivity contribution in [1.82, 2.24) is 10.6 Å². The van der Waals surface area contributed by atoms with Gasteiger partial charge < -0.3 is 15.4 Å². The zero-order valence-electron chi connectivity index (χ0n) is 35.0. The molecule has 0 unspecified atom stereocenters. The van der Waals surface area contributed by atoms with E-state index in [1.807, 2.05) is 7.05 Å². The number of esters is 1. The molecule has 0 fully saturated rings. The normalized spacial score (nSPS) is 12.3. The van der Waals surface area contributed by atoms with Crippen molar-refractivity contribution in [2.75, 3.05) is 20.1 Å². The number of nitrogens with one attached hydrogen (secondary N) is 2. The van der Waals surface area contributed by atoms with Crippen molar-refractivity contribution < 1.29 is 14.3 Å². The molecular weight excluding hydrogens is 641 g/mol. The predicted octanol–water partition coefficient (Wildman–Crippen LogP) is 13.6. The van der Waals surface area contributed by atoms with Crippen molar-refractivity contribution in [1.29, 1.82) is 0 Å². The second-order valence-electron chi connectivity index (χ2n) is 15.0. The summed E-state index contributed by atoms with van der Waals surface area (Å²) >= 11 is 0. The Morgan fingerprint density at radius 1 is 0.481 bits per heavy atom. The van der Waals surface area contributed by atoms with Crippen molar-refractivity contribution in [3.63, 3.8) is 0 Å². The number of carbonyl (C=O) groups excluding carboxylic acids is 2. The SMILES string of the molecule is CCCCC/C=C\C/C=C\CCCCCCCCC(CCCCCCCC/C=C\C/C=C\CCCCC)(OC(=O)CCCNC)C(=O)NCCCC. The standard InChI is InChI=1S/C47H86N2O3/c1-5-8-11-13-15-17-19-21-23-25-27-29-31-33-35-37-41-47(46(51)49-44-10-7-3,52-45(50)40-39-43-48-4)42-38-36-34-32-30-28-26-24-22-20-18-16-14-12-9-6-2/h15-18,21-24,48H,5-14,19-20,25-44H2,1-4H3,(H,49,51)/b17-15-,18-16-,23-21-,24-22-. The summed E-state index contributed by atoms with van der Waals surface area (Å²) in [4.78, 5) is 26.8. The van der Waals surface area contributed by atoms with Gasteiger partial charge >= 0.3 is 5.97 Å². The molecule has 0 aliphatic heterocycles. The summed E-state index contributed by atoms with van der Waals surface area (Å²) in [5.74, 6) is -0.311. The molecule has 0 spiro atoms. The molecule has 2 N–H and O–H groups in total. The van der Waals surface area contributed by atoms with E-state index in [1.165, 1.54) is 103 Å². The molecule has 0 bridgehead atoms. The molecule has 0 aliphatic carbocycles. The molecule has 5 heteroatoms. The lowest BCUT2D eigenvalue weighted by Crippen LogP contribution is -2.50. The van der Waals surface area contributed by atoms with Crippen LogP contribution in [0.4, 0.5) is 0 Å². The van der Waals surface area contributed by atoms with Gasteiger partial charge in [0.25, 0.3) is 5.91 Å². The Bertz CT molecular complexity index is 858. The zero-order chi connectivity index (χ0) is 38.1. The summed E-state index contributed by atoms with van der Waals surface area (Å²) in [5.41, 5.74) is -1.05. The first kappa shape index (κ1) is 49.9. The Hall–Kier alpha value is -2.14. The Morgan fingerprint density at radius 2 is 0.885 bits per heavy atom. The van der Waals surface area contributed by atoms with Crippen LogP contribution in [-0.4, -0.2) is 37.6 Å². The maximum atomic E-state index is 13.8. The molecular formula is C47H86N2O3. The third-order valence-electron chi connectivity index (χ3n) is 9.91. The van der Waals surface area contributed by atoms with Crippen LogP contribution in [0.1, 0.15) is 213 Å². The largest absolute Gasteiger partial charge is 0.449 e. The molecule has 0 radical (unpaired) electrons. The minimum absolute atomic E-state index is 0.0758. The summed E-state index contributed by atoms with van der Waals surface area (Å²) in [7, 11) is 1.90. The summed E-state index contributed by atoms with van der Waals surface area (Å²) < 4.78 is 6.22. The van der Waals surface area contributed by atoms with E-state index in [2.05, 4.69) is 80.0 Å². The fourth-order valence-electron chi connectivity index (χ4n) is 6.52. The lowest BCUT2D eigenvalue weighted by Gasteiger charge is -2.33. The third-order valence-corrected chi connectivity index (χ3v) is 9.91. The predicted molar refractivity (Wildman–Crippen MR) is 228 cm³/mol. The van der Waals surface area contributed by atoms with E-state index in [-0.39, 0.29) is 11.9 Å². The smallest absolute Gasteiger partial charge is 0.306 e.